The van der Waals surface area contributed by atoms with E-state index in [-0.39, 0.29) is 12.5 Å². The third-order valence-corrected chi connectivity index (χ3v) is 2.58. The predicted octanol–water partition coefficient (Wildman–Crippen LogP) is 1.57. The van der Waals surface area contributed by atoms with Crippen molar-refractivity contribution in [2.45, 2.75) is 33.3 Å². The number of aryl methyl sites for hydroxylation is 2. The summed E-state index contributed by atoms with van der Waals surface area (Å²) in [7, 11) is 0. The molecule has 1 amide bonds. The summed E-state index contributed by atoms with van der Waals surface area (Å²) in [6, 6.07) is 5.94. The molecule has 0 spiro atoms. The highest BCUT2D eigenvalue weighted by atomic mass is 16.5. The van der Waals surface area contributed by atoms with Crippen molar-refractivity contribution >= 4 is 5.91 Å². The van der Waals surface area contributed by atoms with E-state index in [1.165, 1.54) is 0 Å². The molecule has 0 fully saturated rings. The third kappa shape index (κ3) is 4.75. The van der Waals surface area contributed by atoms with Crippen LogP contribution in [0.4, 0.5) is 0 Å². The van der Waals surface area contributed by atoms with Crippen LogP contribution in [0.1, 0.15) is 24.5 Å². The first-order chi connectivity index (χ1) is 8.50. The van der Waals surface area contributed by atoms with Crippen molar-refractivity contribution < 1.29 is 14.6 Å². The average molecular weight is 251 g/mol. The summed E-state index contributed by atoms with van der Waals surface area (Å²) in [6.45, 7) is 6.22. The topological polar surface area (TPSA) is 58.6 Å². The van der Waals surface area contributed by atoms with Crippen molar-refractivity contribution in [2.24, 2.45) is 0 Å². The van der Waals surface area contributed by atoms with E-state index in [2.05, 4.69) is 5.32 Å². The first kappa shape index (κ1) is 14.5. The van der Waals surface area contributed by atoms with Crippen LogP contribution in [0.25, 0.3) is 0 Å². The van der Waals surface area contributed by atoms with Crippen molar-refractivity contribution in [3.8, 4) is 5.75 Å². The molecule has 1 rings (SSSR count). The molecule has 0 aliphatic rings. The number of benzene rings is 1. The van der Waals surface area contributed by atoms with Crippen LogP contribution in [0, 0.1) is 13.8 Å². The molecule has 100 valence electrons. The molecule has 2 N–H and O–H groups in total. The van der Waals surface area contributed by atoms with Crippen LogP contribution in [0.5, 0.6) is 5.75 Å². The van der Waals surface area contributed by atoms with Crippen molar-refractivity contribution in [1.29, 1.82) is 0 Å². The maximum Gasteiger partial charge on any atom is 0.223 e. The number of hydrogen-bond acceptors (Lipinski definition) is 3. The van der Waals surface area contributed by atoms with Gasteiger partial charge in [-0.15, -0.1) is 0 Å². The zero-order chi connectivity index (χ0) is 13.5. The van der Waals surface area contributed by atoms with Crippen molar-refractivity contribution in [1.82, 2.24) is 5.32 Å². The fourth-order valence-corrected chi connectivity index (χ4v) is 1.62. The predicted molar refractivity (Wildman–Crippen MR) is 70.7 cm³/mol. The van der Waals surface area contributed by atoms with Gasteiger partial charge in [0.2, 0.25) is 5.91 Å². The van der Waals surface area contributed by atoms with Gasteiger partial charge in [-0.3, -0.25) is 4.79 Å². The van der Waals surface area contributed by atoms with Gasteiger partial charge in [-0.05, 0) is 31.9 Å². The zero-order valence-electron chi connectivity index (χ0n) is 11.2. The summed E-state index contributed by atoms with van der Waals surface area (Å²) in [4.78, 5) is 11.4. The largest absolute Gasteiger partial charge is 0.493 e. The second-order valence-electron chi connectivity index (χ2n) is 4.47. The van der Waals surface area contributed by atoms with Crippen LogP contribution in [-0.4, -0.2) is 30.3 Å². The maximum absolute atomic E-state index is 11.4. The van der Waals surface area contributed by atoms with Gasteiger partial charge in [0.25, 0.3) is 0 Å². The highest BCUT2D eigenvalue weighted by molar-refractivity contribution is 5.76. The summed E-state index contributed by atoms with van der Waals surface area (Å²) < 4.78 is 5.62. The first-order valence-electron chi connectivity index (χ1n) is 6.14. The summed E-state index contributed by atoms with van der Waals surface area (Å²) in [5.41, 5.74) is 2.14. The van der Waals surface area contributed by atoms with Gasteiger partial charge in [0.15, 0.2) is 0 Å². The Morgan fingerprint density at radius 2 is 2.00 bits per heavy atom. The Labute approximate surface area is 108 Å². The molecule has 0 bridgehead atoms. The molecular formula is C14H21NO3. The second kappa shape index (κ2) is 7.01. The van der Waals surface area contributed by atoms with Gasteiger partial charge < -0.3 is 15.2 Å². The fraction of sp³-hybridized carbons (Fsp3) is 0.500. The Kier molecular flexibility index (Phi) is 5.65. The number of hydrogen-bond donors (Lipinski definition) is 2. The molecule has 0 radical (unpaired) electrons. The number of ether oxygens (including phenoxy) is 1. The van der Waals surface area contributed by atoms with Crippen LogP contribution < -0.4 is 10.1 Å². The van der Waals surface area contributed by atoms with E-state index in [0.717, 1.165) is 16.9 Å². The van der Waals surface area contributed by atoms with E-state index in [1.807, 2.05) is 32.0 Å². The molecule has 1 atom stereocenters. The molecule has 1 aromatic carbocycles. The smallest absolute Gasteiger partial charge is 0.223 e. The summed E-state index contributed by atoms with van der Waals surface area (Å²) >= 11 is 0. The van der Waals surface area contributed by atoms with Gasteiger partial charge in [0, 0.05) is 6.54 Å². The molecule has 1 aromatic rings. The molecular weight excluding hydrogens is 230 g/mol. The quantitative estimate of drug-likeness (QED) is 0.807. The van der Waals surface area contributed by atoms with Gasteiger partial charge in [0.1, 0.15) is 5.75 Å². The van der Waals surface area contributed by atoms with Crippen LogP contribution >= 0.6 is 0 Å². The summed E-state index contributed by atoms with van der Waals surface area (Å²) in [5.74, 6) is 0.739. The number of carbonyl (C=O) groups is 1. The Morgan fingerprint density at radius 1 is 1.39 bits per heavy atom. The third-order valence-electron chi connectivity index (χ3n) is 2.58. The van der Waals surface area contributed by atoms with Gasteiger partial charge >= 0.3 is 0 Å². The molecule has 4 nitrogen and oxygen atoms in total. The Balaban J connectivity index is 2.35. The average Bonchev–Trinajstić information content (AvgIpc) is 2.30. The van der Waals surface area contributed by atoms with Crippen LogP contribution in [-0.2, 0) is 4.79 Å². The van der Waals surface area contributed by atoms with Crippen LogP contribution in [0.3, 0.4) is 0 Å². The minimum absolute atomic E-state index is 0.109. The standard InChI is InChI=1S/C14H21NO3/c1-10-5-4-6-11(2)14(10)18-8-7-13(17)15-9-12(3)16/h4-6,12,16H,7-9H2,1-3H3,(H,15,17)/t12-/m1/s1. The molecule has 0 unspecified atom stereocenters. The Hall–Kier alpha value is -1.55. The SMILES string of the molecule is Cc1cccc(C)c1OCCC(=O)NC[C@@H](C)O. The van der Waals surface area contributed by atoms with E-state index >= 15 is 0 Å². The molecule has 0 aliphatic heterocycles. The highest BCUT2D eigenvalue weighted by Crippen LogP contribution is 2.22. The molecule has 0 aliphatic carbocycles. The van der Waals surface area contributed by atoms with E-state index in [0.29, 0.717) is 13.0 Å². The lowest BCUT2D eigenvalue weighted by molar-refractivity contribution is -0.122. The molecule has 0 saturated heterocycles. The lowest BCUT2D eigenvalue weighted by Gasteiger charge is -2.12. The second-order valence-corrected chi connectivity index (χ2v) is 4.47. The number of aliphatic hydroxyl groups is 1. The number of amides is 1. The lowest BCUT2D eigenvalue weighted by atomic mass is 10.1. The molecule has 0 aromatic heterocycles. The first-order valence-corrected chi connectivity index (χ1v) is 6.14. The van der Waals surface area contributed by atoms with Crippen LogP contribution in [0.15, 0.2) is 18.2 Å². The minimum Gasteiger partial charge on any atom is -0.493 e. The number of nitrogens with one attached hydrogen (secondary N) is 1. The summed E-state index contributed by atoms with van der Waals surface area (Å²) in [6.07, 6.45) is -0.228. The number of aliphatic hydroxyl groups excluding tert-OH is 1. The number of para-hydroxylation sites is 1. The van der Waals surface area contributed by atoms with Crippen molar-refractivity contribution in [2.75, 3.05) is 13.2 Å². The summed E-state index contributed by atoms with van der Waals surface area (Å²) in [5, 5.41) is 11.7. The Bertz CT molecular complexity index is 382. The highest BCUT2D eigenvalue weighted by Gasteiger charge is 2.06. The normalized spacial score (nSPS) is 12.0. The van der Waals surface area contributed by atoms with Crippen molar-refractivity contribution in [3.63, 3.8) is 0 Å². The minimum atomic E-state index is -0.520. The molecule has 4 heteroatoms. The van der Waals surface area contributed by atoms with Crippen molar-refractivity contribution in [3.05, 3.63) is 29.3 Å². The Morgan fingerprint density at radius 3 is 2.56 bits per heavy atom. The van der Waals surface area contributed by atoms with Gasteiger partial charge in [-0.1, -0.05) is 18.2 Å². The molecule has 0 heterocycles. The lowest BCUT2D eigenvalue weighted by Crippen LogP contribution is -2.31. The van der Waals surface area contributed by atoms with E-state index in [1.54, 1.807) is 6.92 Å². The van der Waals surface area contributed by atoms with E-state index in [4.69, 9.17) is 9.84 Å². The molecule has 18 heavy (non-hydrogen) atoms. The van der Waals surface area contributed by atoms with Gasteiger partial charge in [-0.25, -0.2) is 0 Å². The number of rotatable bonds is 6. The van der Waals surface area contributed by atoms with Crippen LogP contribution in [0.2, 0.25) is 0 Å². The van der Waals surface area contributed by atoms with E-state index < -0.39 is 6.10 Å². The zero-order valence-corrected chi connectivity index (χ0v) is 11.2. The fourth-order valence-electron chi connectivity index (χ4n) is 1.62. The number of carbonyl (C=O) groups excluding carboxylic acids is 1. The van der Waals surface area contributed by atoms with Gasteiger partial charge in [-0.2, -0.15) is 0 Å². The van der Waals surface area contributed by atoms with E-state index in [9.17, 15) is 4.79 Å². The monoisotopic (exact) mass is 251 g/mol. The molecule has 0 saturated carbocycles. The maximum atomic E-state index is 11.4. The van der Waals surface area contributed by atoms with Gasteiger partial charge in [0.05, 0.1) is 19.1 Å².